The summed E-state index contributed by atoms with van der Waals surface area (Å²) in [5.41, 5.74) is 6.17. The van der Waals surface area contributed by atoms with Crippen molar-refractivity contribution < 1.29 is 9.53 Å². The summed E-state index contributed by atoms with van der Waals surface area (Å²) in [5.74, 6) is 0.740. The molecule has 4 N–H and O–H groups in total. The first-order valence-electron chi connectivity index (χ1n) is 5.02. The van der Waals surface area contributed by atoms with Crippen LogP contribution >= 0.6 is 0 Å². The lowest BCUT2D eigenvalue weighted by Crippen LogP contribution is -2.20. The molecule has 88 valence electrons. The quantitative estimate of drug-likeness (QED) is 0.686. The van der Waals surface area contributed by atoms with Gasteiger partial charge in [0, 0.05) is 6.07 Å². The van der Waals surface area contributed by atoms with E-state index in [0.29, 0.717) is 17.3 Å². The fourth-order valence-corrected chi connectivity index (χ4v) is 1.27. The molecule has 0 atom stereocenters. The molecule has 0 aliphatic rings. The molecular formula is C11H12N4O2. The smallest absolute Gasteiger partial charge is 0.263 e. The van der Waals surface area contributed by atoms with Crippen molar-refractivity contribution in [2.75, 3.05) is 17.7 Å². The number of nitrogen functional groups attached to an aromatic ring is 1. The summed E-state index contributed by atoms with van der Waals surface area (Å²) in [4.78, 5) is 11.5. The van der Waals surface area contributed by atoms with Crippen LogP contribution in [0, 0.1) is 0 Å². The van der Waals surface area contributed by atoms with E-state index >= 15 is 0 Å². The summed E-state index contributed by atoms with van der Waals surface area (Å²) in [6.07, 6.45) is 1.55. The van der Waals surface area contributed by atoms with Gasteiger partial charge in [0.15, 0.2) is 6.61 Å². The van der Waals surface area contributed by atoms with Gasteiger partial charge in [0.25, 0.3) is 5.91 Å². The molecule has 0 radical (unpaired) electrons. The average Bonchev–Trinajstić information content (AvgIpc) is 2.81. The number of aromatic nitrogens is 2. The van der Waals surface area contributed by atoms with E-state index in [4.69, 9.17) is 10.5 Å². The Hall–Kier alpha value is -2.50. The normalized spacial score (nSPS) is 9.88. The van der Waals surface area contributed by atoms with Crippen LogP contribution in [0.1, 0.15) is 0 Å². The van der Waals surface area contributed by atoms with Crippen LogP contribution in [-0.4, -0.2) is 22.7 Å². The molecule has 0 saturated carbocycles. The maximum absolute atomic E-state index is 11.5. The summed E-state index contributed by atoms with van der Waals surface area (Å²) >= 11 is 0. The highest BCUT2D eigenvalue weighted by atomic mass is 16.5. The summed E-state index contributed by atoms with van der Waals surface area (Å²) < 4.78 is 5.28. The molecule has 6 nitrogen and oxygen atoms in total. The van der Waals surface area contributed by atoms with E-state index in [1.807, 2.05) is 0 Å². The van der Waals surface area contributed by atoms with Gasteiger partial charge in [-0.05, 0) is 12.1 Å². The number of hydrogen-bond donors (Lipinski definition) is 3. The van der Waals surface area contributed by atoms with Crippen LogP contribution in [0.4, 0.5) is 11.5 Å². The molecule has 0 aliphatic carbocycles. The maximum atomic E-state index is 11.5. The van der Waals surface area contributed by atoms with Gasteiger partial charge < -0.3 is 15.8 Å². The Labute approximate surface area is 97.8 Å². The van der Waals surface area contributed by atoms with E-state index in [9.17, 15) is 4.79 Å². The molecule has 1 heterocycles. The zero-order valence-corrected chi connectivity index (χ0v) is 9.01. The minimum atomic E-state index is -0.280. The zero-order valence-electron chi connectivity index (χ0n) is 9.01. The van der Waals surface area contributed by atoms with Gasteiger partial charge in [0.1, 0.15) is 11.6 Å². The van der Waals surface area contributed by atoms with Crippen LogP contribution in [0.3, 0.4) is 0 Å². The third kappa shape index (κ3) is 2.97. The number of H-pyrrole nitrogens is 1. The molecule has 1 aromatic carbocycles. The molecule has 0 saturated heterocycles. The first-order chi connectivity index (χ1) is 8.25. The highest BCUT2D eigenvalue weighted by molar-refractivity contribution is 5.90. The Kier molecular flexibility index (Phi) is 3.25. The zero-order chi connectivity index (χ0) is 12.1. The number of carbonyl (C=O) groups is 1. The average molecular weight is 232 g/mol. The Morgan fingerprint density at radius 1 is 1.41 bits per heavy atom. The highest BCUT2D eigenvalue weighted by Gasteiger charge is 2.05. The van der Waals surface area contributed by atoms with Gasteiger partial charge in [-0.2, -0.15) is 5.10 Å². The van der Waals surface area contributed by atoms with E-state index in [-0.39, 0.29) is 12.5 Å². The second-order valence-corrected chi connectivity index (χ2v) is 3.34. The van der Waals surface area contributed by atoms with Crippen LogP contribution < -0.4 is 15.8 Å². The molecule has 2 rings (SSSR count). The molecule has 0 unspecified atom stereocenters. The van der Waals surface area contributed by atoms with Crippen molar-refractivity contribution in [1.29, 1.82) is 0 Å². The lowest BCUT2D eigenvalue weighted by atomic mass is 10.3. The molecule has 17 heavy (non-hydrogen) atoms. The largest absolute Gasteiger partial charge is 0.482 e. The van der Waals surface area contributed by atoms with Crippen molar-refractivity contribution in [2.45, 2.75) is 0 Å². The number of anilines is 2. The number of nitrogens with two attached hydrogens (primary N) is 1. The summed E-state index contributed by atoms with van der Waals surface area (Å²) in [7, 11) is 0. The SMILES string of the molecule is Nc1ccccc1OCC(=O)Nc1ccn[nH]1. The lowest BCUT2D eigenvalue weighted by molar-refractivity contribution is -0.118. The molecule has 0 spiro atoms. The highest BCUT2D eigenvalue weighted by Crippen LogP contribution is 2.19. The number of nitrogens with one attached hydrogen (secondary N) is 2. The number of benzene rings is 1. The van der Waals surface area contributed by atoms with E-state index < -0.39 is 0 Å². The predicted molar refractivity (Wildman–Crippen MR) is 63.6 cm³/mol. The molecule has 0 fully saturated rings. The van der Waals surface area contributed by atoms with Gasteiger partial charge in [-0.3, -0.25) is 9.89 Å². The molecule has 1 amide bonds. The number of carbonyl (C=O) groups excluding carboxylic acids is 1. The number of rotatable bonds is 4. The summed E-state index contributed by atoms with van der Waals surface area (Å²) in [5, 5.41) is 8.91. The van der Waals surface area contributed by atoms with Gasteiger partial charge in [0.2, 0.25) is 0 Å². The number of para-hydroxylation sites is 2. The number of amides is 1. The van der Waals surface area contributed by atoms with Crippen molar-refractivity contribution in [3.63, 3.8) is 0 Å². The second kappa shape index (κ2) is 5.02. The predicted octanol–water partition coefficient (Wildman–Crippen LogP) is 1.01. The molecular weight excluding hydrogens is 220 g/mol. The molecule has 0 aliphatic heterocycles. The number of hydrogen-bond acceptors (Lipinski definition) is 4. The summed E-state index contributed by atoms with van der Waals surface area (Å²) in [6, 6.07) is 8.65. The van der Waals surface area contributed by atoms with Crippen LogP contribution in [0.25, 0.3) is 0 Å². The van der Waals surface area contributed by atoms with Gasteiger partial charge in [-0.15, -0.1) is 0 Å². The first kappa shape index (κ1) is 11.0. The van der Waals surface area contributed by atoms with Crippen molar-refractivity contribution >= 4 is 17.4 Å². The maximum Gasteiger partial charge on any atom is 0.263 e. The topological polar surface area (TPSA) is 93.0 Å². The van der Waals surface area contributed by atoms with Crippen molar-refractivity contribution in [3.8, 4) is 5.75 Å². The number of ether oxygens (including phenoxy) is 1. The van der Waals surface area contributed by atoms with Crippen LogP contribution in [0.5, 0.6) is 5.75 Å². The van der Waals surface area contributed by atoms with E-state index in [1.165, 1.54) is 0 Å². The van der Waals surface area contributed by atoms with Gasteiger partial charge in [-0.25, -0.2) is 0 Å². The van der Waals surface area contributed by atoms with Crippen LogP contribution in [-0.2, 0) is 4.79 Å². The van der Waals surface area contributed by atoms with Gasteiger partial charge in [0.05, 0.1) is 11.9 Å². The van der Waals surface area contributed by atoms with E-state index in [2.05, 4.69) is 15.5 Å². The van der Waals surface area contributed by atoms with Crippen LogP contribution in [0.15, 0.2) is 36.5 Å². The first-order valence-corrected chi connectivity index (χ1v) is 5.02. The van der Waals surface area contributed by atoms with Gasteiger partial charge in [-0.1, -0.05) is 12.1 Å². The molecule has 2 aromatic rings. The molecule has 6 heteroatoms. The third-order valence-corrected chi connectivity index (χ3v) is 2.05. The second-order valence-electron chi connectivity index (χ2n) is 3.34. The van der Waals surface area contributed by atoms with Crippen LogP contribution in [0.2, 0.25) is 0 Å². The van der Waals surface area contributed by atoms with Crippen molar-refractivity contribution in [3.05, 3.63) is 36.5 Å². The third-order valence-electron chi connectivity index (χ3n) is 2.05. The standard InChI is InChI=1S/C11H12N4O2/c12-8-3-1-2-4-9(8)17-7-11(16)14-10-5-6-13-15-10/h1-6H,7,12H2,(H2,13,14,15,16). The lowest BCUT2D eigenvalue weighted by Gasteiger charge is -2.07. The minimum absolute atomic E-state index is 0.104. The minimum Gasteiger partial charge on any atom is -0.482 e. The Morgan fingerprint density at radius 3 is 2.94 bits per heavy atom. The van der Waals surface area contributed by atoms with Crippen molar-refractivity contribution in [1.82, 2.24) is 10.2 Å². The van der Waals surface area contributed by atoms with Gasteiger partial charge >= 0.3 is 0 Å². The fourth-order valence-electron chi connectivity index (χ4n) is 1.27. The fraction of sp³-hybridized carbons (Fsp3) is 0.0909. The number of aromatic amines is 1. The number of nitrogens with zero attached hydrogens (tertiary/aromatic N) is 1. The van der Waals surface area contributed by atoms with E-state index in [1.54, 1.807) is 36.5 Å². The molecule has 0 bridgehead atoms. The Bertz CT molecular complexity index is 496. The Morgan fingerprint density at radius 2 is 2.24 bits per heavy atom. The summed E-state index contributed by atoms with van der Waals surface area (Å²) in [6.45, 7) is -0.104. The van der Waals surface area contributed by atoms with E-state index in [0.717, 1.165) is 0 Å². The Balaban J connectivity index is 1.86. The van der Waals surface area contributed by atoms with Crippen molar-refractivity contribution in [2.24, 2.45) is 0 Å². The monoisotopic (exact) mass is 232 g/mol. The molecule has 1 aromatic heterocycles.